The molecule has 0 aliphatic carbocycles. The summed E-state index contributed by atoms with van der Waals surface area (Å²) < 4.78 is 1.95. The van der Waals surface area contributed by atoms with Crippen LogP contribution in [-0.2, 0) is 6.54 Å². The molecular formula is C11H8ClIN2O. The second-order valence-corrected chi connectivity index (χ2v) is 4.81. The zero-order valence-electron chi connectivity index (χ0n) is 8.23. The topological polar surface area (TPSA) is 34.9 Å². The molecule has 0 saturated heterocycles. The Morgan fingerprint density at radius 1 is 1.31 bits per heavy atom. The maximum absolute atomic E-state index is 11.8. The number of benzene rings is 1. The fourth-order valence-corrected chi connectivity index (χ4v) is 2.30. The number of hydrogen-bond acceptors (Lipinski definition) is 2. The van der Waals surface area contributed by atoms with E-state index in [0.717, 1.165) is 5.56 Å². The average Bonchev–Trinajstić information content (AvgIpc) is 2.27. The Hall–Kier alpha value is -0.880. The van der Waals surface area contributed by atoms with Crippen LogP contribution in [0.3, 0.4) is 0 Å². The summed E-state index contributed by atoms with van der Waals surface area (Å²) in [5.74, 6) is 0. The molecule has 1 heterocycles. The van der Waals surface area contributed by atoms with Crippen LogP contribution < -0.4 is 5.56 Å². The first-order valence-electron chi connectivity index (χ1n) is 4.64. The van der Waals surface area contributed by atoms with Crippen LogP contribution in [-0.4, -0.2) is 9.78 Å². The first-order valence-corrected chi connectivity index (χ1v) is 6.09. The molecule has 0 aliphatic heterocycles. The van der Waals surface area contributed by atoms with E-state index in [9.17, 15) is 4.79 Å². The Morgan fingerprint density at radius 2 is 2.00 bits per heavy atom. The maximum atomic E-state index is 11.8. The van der Waals surface area contributed by atoms with Gasteiger partial charge in [0.25, 0.3) is 5.56 Å². The summed E-state index contributed by atoms with van der Waals surface area (Å²) in [7, 11) is 0. The molecule has 3 nitrogen and oxygen atoms in total. The fourth-order valence-electron chi connectivity index (χ4n) is 1.34. The molecule has 2 rings (SSSR count). The van der Waals surface area contributed by atoms with Crippen LogP contribution in [0.4, 0.5) is 0 Å². The van der Waals surface area contributed by atoms with Crippen molar-refractivity contribution in [3.63, 3.8) is 0 Å². The van der Waals surface area contributed by atoms with Crippen molar-refractivity contribution in [3.8, 4) is 0 Å². The molecule has 0 unspecified atom stereocenters. The van der Waals surface area contributed by atoms with Gasteiger partial charge < -0.3 is 0 Å². The summed E-state index contributed by atoms with van der Waals surface area (Å²) in [5, 5.41) is 4.33. The van der Waals surface area contributed by atoms with E-state index in [2.05, 4.69) is 5.10 Å². The summed E-state index contributed by atoms with van der Waals surface area (Å²) in [4.78, 5) is 11.8. The van der Waals surface area contributed by atoms with Crippen LogP contribution >= 0.6 is 34.2 Å². The predicted molar refractivity (Wildman–Crippen MR) is 71.8 cm³/mol. The molecule has 0 amide bonds. The van der Waals surface area contributed by atoms with E-state index in [1.807, 2.05) is 52.9 Å². The Balaban J connectivity index is 2.39. The Kier molecular flexibility index (Phi) is 3.60. The molecule has 82 valence electrons. The highest BCUT2D eigenvalue weighted by molar-refractivity contribution is 14.1. The van der Waals surface area contributed by atoms with Gasteiger partial charge in [-0.1, -0.05) is 41.9 Å². The third-order valence-corrected chi connectivity index (χ3v) is 3.03. The Labute approximate surface area is 111 Å². The summed E-state index contributed by atoms with van der Waals surface area (Å²) >= 11 is 7.77. The van der Waals surface area contributed by atoms with Crippen molar-refractivity contribution in [2.45, 2.75) is 6.54 Å². The fraction of sp³-hybridized carbons (Fsp3) is 0.0909. The van der Waals surface area contributed by atoms with E-state index < -0.39 is 0 Å². The largest absolute Gasteiger partial charge is 0.280 e. The first-order chi connectivity index (χ1) is 7.66. The lowest BCUT2D eigenvalue weighted by molar-refractivity contribution is 0.635. The summed E-state index contributed by atoms with van der Waals surface area (Å²) in [6.07, 6.45) is 0. The van der Waals surface area contributed by atoms with Gasteiger partial charge in [-0.15, -0.1) is 0 Å². The minimum absolute atomic E-state index is 0.117. The van der Waals surface area contributed by atoms with Crippen molar-refractivity contribution in [3.05, 3.63) is 61.0 Å². The number of aromatic nitrogens is 2. The van der Waals surface area contributed by atoms with Crippen molar-refractivity contribution in [1.82, 2.24) is 9.78 Å². The van der Waals surface area contributed by atoms with Gasteiger partial charge in [0.05, 0.1) is 10.1 Å². The van der Waals surface area contributed by atoms with Crippen molar-refractivity contribution in [2.75, 3.05) is 0 Å². The second-order valence-electron chi connectivity index (χ2n) is 3.26. The highest BCUT2D eigenvalue weighted by atomic mass is 127. The molecular weight excluding hydrogens is 338 g/mol. The van der Waals surface area contributed by atoms with Gasteiger partial charge in [0, 0.05) is 0 Å². The molecule has 2 aromatic rings. The van der Waals surface area contributed by atoms with Gasteiger partial charge >= 0.3 is 0 Å². The van der Waals surface area contributed by atoms with E-state index in [0.29, 0.717) is 15.3 Å². The van der Waals surface area contributed by atoms with Crippen LogP contribution in [0.25, 0.3) is 0 Å². The highest BCUT2D eigenvalue weighted by Gasteiger charge is 2.05. The van der Waals surface area contributed by atoms with Gasteiger partial charge in [0.15, 0.2) is 5.15 Å². The third kappa shape index (κ3) is 2.62. The van der Waals surface area contributed by atoms with Crippen molar-refractivity contribution < 1.29 is 0 Å². The van der Waals surface area contributed by atoms with Gasteiger partial charge in [-0.05, 0) is 34.2 Å². The maximum Gasteiger partial charge on any atom is 0.280 e. The lowest BCUT2D eigenvalue weighted by atomic mass is 10.2. The summed E-state index contributed by atoms with van der Waals surface area (Å²) in [6, 6.07) is 11.2. The molecule has 0 bridgehead atoms. The second kappa shape index (κ2) is 4.97. The summed E-state index contributed by atoms with van der Waals surface area (Å²) in [6.45, 7) is 0.441. The molecule has 0 fully saturated rings. The Morgan fingerprint density at radius 3 is 2.69 bits per heavy atom. The minimum Gasteiger partial charge on any atom is -0.267 e. The monoisotopic (exact) mass is 346 g/mol. The van der Waals surface area contributed by atoms with E-state index in [4.69, 9.17) is 11.6 Å². The van der Waals surface area contributed by atoms with E-state index in [-0.39, 0.29) is 5.56 Å². The van der Waals surface area contributed by atoms with E-state index in [1.165, 1.54) is 4.68 Å². The predicted octanol–water partition coefficient (Wildman–Crippen LogP) is 2.55. The van der Waals surface area contributed by atoms with Gasteiger partial charge in [0.2, 0.25) is 0 Å². The Bertz CT molecular complexity index is 554. The molecule has 16 heavy (non-hydrogen) atoms. The first kappa shape index (κ1) is 11.6. The van der Waals surface area contributed by atoms with Crippen LogP contribution in [0.2, 0.25) is 5.15 Å². The molecule has 0 N–H and O–H groups in total. The molecule has 0 radical (unpaired) electrons. The lowest BCUT2D eigenvalue weighted by Gasteiger charge is -2.05. The van der Waals surface area contributed by atoms with E-state index >= 15 is 0 Å². The van der Waals surface area contributed by atoms with Gasteiger partial charge in [-0.25, -0.2) is 4.68 Å². The van der Waals surface area contributed by atoms with Crippen LogP contribution in [0, 0.1) is 3.57 Å². The molecule has 0 atom stereocenters. The zero-order chi connectivity index (χ0) is 11.5. The van der Waals surface area contributed by atoms with Crippen molar-refractivity contribution >= 4 is 34.2 Å². The average molecular weight is 347 g/mol. The van der Waals surface area contributed by atoms with Gasteiger partial charge in [0.1, 0.15) is 0 Å². The molecule has 1 aromatic carbocycles. The third-order valence-electron chi connectivity index (χ3n) is 2.08. The van der Waals surface area contributed by atoms with Crippen LogP contribution in [0.5, 0.6) is 0 Å². The molecule has 0 spiro atoms. The van der Waals surface area contributed by atoms with Crippen molar-refractivity contribution in [2.24, 2.45) is 0 Å². The lowest BCUT2D eigenvalue weighted by Crippen LogP contribution is -2.25. The van der Waals surface area contributed by atoms with Crippen LogP contribution in [0.15, 0.2) is 41.2 Å². The quantitative estimate of drug-likeness (QED) is 0.783. The van der Waals surface area contributed by atoms with Crippen LogP contribution in [0.1, 0.15) is 5.56 Å². The normalized spacial score (nSPS) is 10.4. The van der Waals surface area contributed by atoms with E-state index in [1.54, 1.807) is 6.07 Å². The molecule has 0 saturated carbocycles. The highest BCUT2D eigenvalue weighted by Crippen LogP contribution is 2.07. The van der Waals surface area contributed by atoms with Crippen molar-refractivity contribution in [1.29, 1.82) is 0 Å². The number of nitrogens with zero attached hydrogens (tertiary/aromatic N) is 2. The minimum atomic E-state index is -0.117. The van der Waals surface area contributed by atoms with Gasteiger partial charge in [-0.3, -0.25) is 4.79 Å². The number of halogens is 2. The molecule has 1 aromatic heterocycles. The number of rotatable bonds is 2. The summed E-state index contributed by atoms with van der Waals surface area (Å²) in [5.41, 5.74) is 0.906. The standard InChI is InChI=1S/C11H8ClIN2O/c12-10-6-9(13)11(16)15(14-10)7-8-4-2-1-3-5-8/h1-6H,7H2. The number of hydrogen-bond donors (Lipinski definition) is 0. The smallest absolute Gasteiger partial charge is 0.267 e. The SMILES string of the molecule is O=c1c(I)cc(Cl)nn1Cc1ccccc1. The zero-order valence-corrected chi connectivity index (χ0v) is 11.1. The molecule has 0 aliphatic rings. The van der Waals surface area contributed by atoms with Gasteiger partial charge in [-0.2, -0.15) is 5.10 Å². The molecule has 5 heteroatoms.